The minimum Gasteiger partial charge on any atom is -0.380 e. The molecular weight excluding hydrogens is 190 g/mol. The number of pyridine rings is 1. The average Bonchev–Trinajstić information content (AvgIpc) is 2.31. The number of hydrogen-bond acceptors (Lipinski definition) is 4. The van der Waals surface area contributed by atoms with Crippen molar-refractivity contribution < 1.29 is 4.74 Å². The Kier molecular flexibility index (Phi) is 2.99. The van der Waals surface area contributed by atoms with Gasteiger partial charge in [-0.1, -0.05) is 0 Å². The Bertz CT molecular complexity index is 431. The first kappa shape index (κ1) is 9.73. The van der Waals surface area contributed by atoms with E-state index in [9.17, 15) is 0 Å². The topological polar surface area (TPSA) is 47.9 Å². The fourth-order valence-electron chi connectivity index (χ4n) is 1.33. The number of rotatable bonds is 3. The summed E-state index contributed by atoms with van der Waals surface area (Å²) in [6, 6.07) is 5.76. The summed E-state index contributed by atoms with van der Waals surface area (Å²) in [5.41, 5.74) is 2.81. The molecule has 0 atom stereocenters. The van der Waals surface area contributed by atoms with E-state index in [-0.39, 0.29) is 0 Å². The van der Waals surface area contributed by atoms with Crippen molar-refractivity contribution in [2.24, 2.45) is 0 Å². The maximum absolute atomic E-state index is 5.04. The van der Waals surface area contributed by atoms with Gasteiger partial charge in [0, 0.05) is 31.3 Å². The molecule has 4 nitrogen and oxygen atoms in total. The molecule has 0 amide bonds. The van der Waals surface area contributed by atoms with E-state index in [1.807, 2.05) is 18.2 Å². The lowest BCUT2D eigenvalue weighted by atomic mass is 10.1. The second kappa shape index (κ2) is 4.61. The molecule has 0 unspecified atom stereocenters. The van der Waals surface area contributed by atoms with Crippen LogP contribution in [0.2, 0.25) is 0 Å². The number of nitrogens with zero attached hydrogens (tertiary/aromatic N) is 3. The summed E-state index contributed by atoms with van der Waals surface area (Å²) < 4.78 is 5.04. The SMILES string of the molecule is COCc1cncc(-c2cccnn2)c1. The van der Waals surface area contributed by atoms with Gasteiger partial charge in [0.1, 0.15) is 0 Å². The zero-order valence-electron chi connectivity index (χ0n) is 8.42. The Morgan fingerprint density at radius 2 is 2.27 bits per heavy atom. The quantitative estimate of drug-likeness (QED) is 0.758. The van der Waals surface area contributed by atoms with Crippen LogP contribution in [0.4, 0.5) is 0 Å². The van der Waals surface area contributed by atoms with E-state index in [4.69, 9.17) is 4.74 Å². The van der Waals surface area contributed by atoms with Gasteiger partial charge in [0.2, 0.25) is 0 Å². The van der Waals surface area contributed by atoms with Crippen LogP contribution in [-0.4, -0.2) is 22.3 Å². The Morgan fingerprint density at radius 1 is 1.33 bits per heavy atom. The summed E-state index contributed by atoms with van der Waals surface area (Å²) in [6.07, 6.45) is 5.20. The van der Waals surface area contributed by atoms with Crippen molar-refractivity contribution in [1.82, 2.24) is 15.2 Å². The standard InChI is InChI=1S/C11H11N3O/c1-15-8-9-5-10(7-12-6-9)11-3-2-4-13-14-11/h2-7H,8H2,1H3. The summed E-state index contributed by atoms with van der Waals surface area (Å²) in [4.78, 5) is 4.13. The lowest BCUT2D eigenvalue weighted by Crippen LogP contribution is -1.92. The molecule has 76 valence electrons. The molecule has 0 aromatic carbocycles. The van der Waals surface area contributed by atoms with Gasteiger partial charge < -0.3 is 4.74 Å². The fourth-order valence-corrected chi connectivity index (χ4v) is 1.33. The molecule has 2 rings (SSSR count). The van der Waals surface area contributed by atoms with E-state index in [2.05, 4.69) is 15.2 Å². The zero-order chi connectivity index (χ0) is 10.5. The average molecular weight is 201 g/mol. The maximum Gasteiger partial charge on any atom is 0.0945 e. The van der Waals surface area contributed by atoms with E-state index < -0.39 is 0 Å². The van der Waals surface area contributed by atoms with Crippen molar-refractivity contribution in [1.29, 1.82) is 0 Å². The zero-order valence-corrected chi connectivity index (χ0v) is 8.42. The van der Waals surface area contributed by atoms with E-state index in [1.54, 1.807) is 25.7 Å². The molecule has 0 spiro atoms. The third-order valence-corrected chi connectivity index (χ3v) is 1.97. The fraction of sp³-hybridized carbons (Fsp3) is 0.182. The number of methoxy groups -OCH3 is 1. The van der Waals surface area contributed by atoms with Gasteiger partial charge >= 0.3 is 0 Å². The second-order valence-electron chi connectivity index (χ2n) is 3.12. The van der Waals surface area contributed by atoms with Crippen LogP contribution in [0.1, 0.15) is 5.56 Å². The molecule has 0 aliphatic carbocycles. The van der Waals surface area contributed by atoms with E-state index in [1.165, 1.54) is 0 Å². The molecule has 0 aliphatic heterocycles. The van der Waals surface area contributed by atoms with Gasteiger partial charge in [0.25, 0.3) is 0 Å². The van der Waals surface area contributed by atoms with Crippen molar-refractivity contribution in [3.8, 4) is 11.3 Å². The monoisotopic (exact) mass is 201 g/mol. The molecule has 0 fully saturated rings. The number of aromatic nitrogens is 3. The van der Waals surface area contributed by atoms with E-state index in [0.29, 0.717) is 6.61 Å². The molecule has 0 saturated carbocycles. The van der Waals surface area contributed by atoms with Crippen LogP contribution in [-0.2, 0) is 11.3 Å². The molecule has 0 saturated heterocycles. The largest absolute Gasteiger partial charge is 0.380 e. The summed E-state index contributed by atoms with van der Waals surface area (Å²) in [5.74, 6) is 0. The Labute approximate surface area is 88.0 Å². The summed E-state index contributed by atoms with van der Waals surface area (Å²) in [7, 11) is 1.66. The predicted molar refractivity (Wildman–Crippen MR) is 56.0 cm³/mol. The highest BCUT2D eigenvalue weighted by atomic mass is 16.5. The predicted octanol–water partition coefficient (Wildman–Crippen LogP) is 1.69. The Balaban J connectivity index is 2.33. The molecule has 15 heavy (non-hydrogen) atoms. The third-order valence-electron chi connectivity index (χ3n) is 1.97. The van der Waals surface area contributed by atoms with Gasteiger partial charge in [-0.05, 0) is 23.8 Å². The molecule has 0 bridgehead atoms. The third kappa shape index (κ3) is 2.35. The molecule has 2 aromatic heterocycles. The number of hydrogen-bond donors (Lipinski definition) is 0. The maximum atomic E-state index is 5.04. The van der Waals surface area contributed by atoms with Crippen LogP contribution >= 0.6 is 0 Å². The molecule has 4 heteroatoms. The van der Waals surface area contributed by atoms with Crippen LogP contribution in [0, 0.1) is 0 Å². The normalized spacial score (nSPS) is 10.2. The highest BCUT2D eigenvalue weighted by molar-refractivity contribution is 5.57. The van der Waals surface area contributed by atoms with Gasteiger partial charge in [0.05, 0.1) is 12.3 Å². The van der Waals surface area contributed by atoms with Gasteiger partial charge in [0.15, 0.2) is 0 Å². The van der Waals surface area contributed by atoms with Crippen LogP contribution < -0.4 is 0 Å². The van der Waals surface area contributed by atoms with E-state index in [0.717, 1.165) is 16.8 Å². The van der Waals surface area contributed by atoms with Crippen LogP contribution in [0.15, 0.2) is 36.8 Å². The van der Waals surface area contributed by atoms with Gasteiger partial charge in [-0.15, -0.1) is 0 Å². The van der Waals surface area contributed by atoms with Crippen LogP contribution in [0.5, 0.6) is 0 Å². The van der Waals surface area contributed by atoms with Gasteiger partial charge in [-0.25, -0.2) is 0 Å². The first-order valence-corrected chi connectivity index (χ1v) is 4.61. The lowest BCUT2D eigenvalue weighted by Gasteiger charge is -2.02. The van der Waals surface area contributed by atoms with Crippen molar-refractivity contribution >= 4 is 0 Å². The molecule has 0 N–H and O–H groups in total. The number of ether oxygens (including phenoxy) is 1. The van der Waals surface area contributed by atoms with Crippen molar-refractivity contribution in [2.75, 3.05) is 7.11 Å². The van der Waals surface area contributed by atoms with Gasteiger partial charge in [-0.2, -0.15) is 10.2 Å². The molecule has 2 aromatic rings. The van der Waals surface area contributed by atoms with Gasteiger partial charge in [-0.3, -0.25) is 4.98 Å². The first-order valence-electron chi connectivity index (χ1n) is 4.61. The lowest BCUT2D eigenvalue weighted by molar-refractivity contribution is 0.184. The van der Waals surface area contributed by atoms with Crippen molar-refractivity contribution in [3.63, 3.8) is 0 Å². The van der Waals surface area contributed by atoms with E-state index >= 15 is 0 Å². The molecule has 2 heterocycles. The minimum atomic E-state index is 0.557. The smallest absolute Gasteiger partial charge is 0.0945 e. The van der Waals surface area contributed by atoms with Crippen molar-refractivity contribution in [2.45, 2.75) is 6.61 Å². The highest BCUT2D eigenvalue weighted by Crippen LogP contribution is 2.15. The first-order chi connectivity index (χ1) is 7.40. The van der Waals surface area contributed by atoms with Crippen molar-refractivity contribution in [3.05, 3.63) is 42.4 Å². The summed E-state index contributed by atoms with van der Waals surface area (Å²) >= 11 is 0. The highest BCUT2D eigenvalue weighted by Gasteiger charge is 2.00. The molecular formula is C11H11N3O. The Hall–Kier alpha value is -1.81. The minimum absolute atomic E-state index is 0.557. The van der Waals surface area contributed by atoms with Crippen LogP contribution in [0.25, 0.3) is 11.3 Å². The second-order valence-corrected chi connectivity index (χ2v) is 3.12. The summed E-state index contributed by atoms with van der Waals surface area (Å²) in [6.45, 7) is 0.557. The Morgan fingerprint density at radius 3 is 3.00 bits per heavy atom. The van der Waals surface area contributed by atoms with Crippen LogP contribution in [0.3, 0.4) is 0 Å². The molecule has 0 radical (unpaired) electrons. The molecule has 0 aliphatic rings. The summed E-state index contributed by atoms with van der Waals surface area (Å²) in [5, 5.41) is 7.85.